The van der Waals surface area contributed by atoms with Crippen LogP contribution in [0, 0.1) is 30.1 Å². The highest BCUT2D eigenvalue weighted by atomic mass is 16.2. The van der Waals surface area contributed by atoms with Crippen molar-refractivity contribution >= 4 is 11.8 Å². The third-order valence-electron chi connectivity index (χ3n) is 8.72. The molecule has 31 heavy (non-hydrogen) atoms. The van der Waals surface area contributed by atoms with Gasteiger partial charge < -0.3 is 15.1 Å². The lowest BCUT2D eigenvalue weighted by atomic mass is 9.49. The molecule has 5 fully saturated rings. The Morgan fingerprint density at radius 2 is 1.65 bits per heavy atom. The number of hydrogen-bond donors (Lipinski definition) is 2. The van der Waals surface area contributed by atoms with Crippen LogP contribution >= 0.6 is 0 Å². The fourth-order valence-corrected chi connectivity index (χ4v) is 7.37. The second-order valence-corrected chi connectivity index (χ2v) is 11.1. The molecule has 168 valence electrons. The van der Waals surface area contributed by atoms with Gasteiger partial charge in [-0.1, -0.05) is 24.3 Å². The van der Waals surface area contributed by atoms with E-state index in [0.717, 1.165) is 69.7 Å². The second-order valence-electron chi connectivity index (χ2n) is 11.1. The van der Waals surface area contributed by atoms with Gasteiger partial charge in [-0.2, -0.15) is 0 Å². The first-order chi connectivity index (χ1) is 14.9. The van der Waals surface area contributed by atoms with E-state index in [1.54, 1.807) is 0 Å². The summed E-state index contributed by atoms with van der Waals surface area (Å²) >= 11 is 0. The molecule has 5 heteroatoms. The largest absolute Gasteiger partial charge is 0.344 e. The average molecular weight is 425 g/mol. The molecule has 5 nitrogen and oxygen atoms in total. The molecule has 4 saturated carbocycles. The Hall–Kier alpha value is -1.88. The number of amides is 2. The molecule has 0 aromatic heterocycles. The number of carbonyl (C=O) groups excluding carboxylic acids is 2. The first kappa shape index (κ1) is 21.0. The standard InChI is InChI=1S/C26H37N3O2/c1-18-5-3-4-6-23(18)17-28-7-9-29(10-8-28)24(30)19(2)27-25(31)26-14-20-11-21(15-26)13-22(12-20)16-26/h3-6,19-22H,7-17H2,1-2H3,(H,27,31)/p+1/t19-,20?,21?,22?,26?/m0/s1. The van der Waals surface area contributed by atoms with Gasteiger partial charge in [0.05, 0.1) is 26.2 Å². The van der Waals surface area contributed by atoms with E-state index in [-0.39, 0.29) is 17.2 Å². The minimum Gasteiger partial charge on any atom is -0.344 e. The smallest absolute Gasteiger partial charge is 0.245 e. The predicted molar refractivity (Wildman–Crippen MR) is 120 cm³/mol. The Kier molecular flexibility index (Phi) is 5.58. The summed E-state index contributed by atoms with van der Waals surface area (Å²) in [5.74, 6) is 2.48. The van der Waals surface area contributed by atoms with Gasteiger partial charge in [-0.25, -0.2) is 0 Å². The first-order valence-electron chi connectivity index (χ1n) is 12.4. The third-order valence-corrected chi connectivity index (χ3v) is 8.72. The van der Waals surface area contributed by atoms with E-state index < -0.39 is 6.04 Å². The number of aryl methyl sites for hydroxylation is 1. The van der Waals surface area contributed by atoms with Crippen molar-refractivity contribution in [2.24, 2.45) is 23.2 Å². The monoisotopic (exact) mass is 424 g/mol. The van der Waals surface area contributed by atoms with Crippen LogP contribution in [0.5, 0.6) is 0 Å². The van der Waals surface area contributed by atoms with Gasteiger partial charge >= 0.3 is 0 Å². The molecule has 4 bridgehead atoms. The van der Waals surface area contributed by atoms with Gasteiger partial charge in [-0.05, 0) is 75.7 Å². The fourth-order valence-electron chi connectivity index (χ4n) is 7.37. The van der Waals surface area contributed by atoms with Crippen LogP contribution in [0.1, 0.15) is 56.6 Å². The normalized spacial score (nSPS) is 33.4. The summed E-state index contributed by atoms with van der Waals surface area (Å²) in [6.45, 7) is 8.56. The Morgan fingerprint density at radius 3 is 2.23 bits per heavy atom. The number of piperazine rings is 1. The molecule has 6 rings (SSSR count). The predicted octanol–water partition coefficient (Wildman–Crippen LogP) is 1.94. The van der Waals surface area contributed by atoms with Crippen molar-refractivity contribution < 1.29 is 14.5 Å². The van der Waals surface area contributed by atoms with Crippen LogP contribution in [0.25, 0.3) is 0 Å². The van der Waals surface area contributed by atoms with Crippen LogP contribution in [0.4, 0.5) is 0 Å². The molecule has 5 aliphatic rings. The molecule has 0 spiro atoms. The van der Waals surface area contributed by atoms with E-state index in [1.807, 2.05) is 11.8 Å². The average Bonchev–Trinajstić information content (AvgIpc) is 2.74. The van der Waals surface area contributed by atoms with Gasteiger partial charge in [0.25, 0.3) is 0 Å². The van der Waals surface area contributed by atoms with E-state index in [1.165, 1.54) is 35.3 Å². The number of hydrogen-bond acceptors (Lipinski definition) is 2. The SMILES string of the molecule is Cc1ccccc1C[NH+]1CCN(C(=O)[C@H](C)NC(=O)C23CC4CC(CC(C4)C2)C3)CC1. The van der Waals surface area contributed by atoms with Crippen LogP contribution in [0.15, 0.2) is 24.3 Å². The zero-order valence-corrected chi connectivity index (χ0v) is 19.2. The Bertz CT molecular complexity index is 808. The van der Waals surface area contributed by atoms with E-state index in [0.29, 0.717) is 0 Å². The van der Waals surface area contributed by atoms with Crippen molar-refractivity contribution in [2.45, 2.75) is 65.0 Å². The zero-order valence-electron chi connectivity index (χ0n) is 19.2. The minimum absolute atomic E-state index is 0.0908. The summed E-state index contributed by atoms with van der Waals surface area (Å²) in [5, 5.41) is 3.16. The summed E-state index contributed by atoms with van der Waals surface area (Å²) < 4.78 is 0. The van der Waals surface area contributed by atoms with E-state index in [4.69, 9.17) is 0 Å². The highest BCUT2D eigenvalue weighted by molar-refractivity contribution is 5.90. The number of carbonyl (C=O) groups is 2. The van der Waals surface area contributed by atoms with Gasteiger partial charge in [-0.3, -0.25) is 9.59 Å². The zero-order chi connectivity index (χ0) is 21.6. The molecule has 1 atom stereocenters. The van der Waals surface area contributed by atoms with Crippen LogP contribution in [0.3, 0.4) is 0 Å². The lowest BCUT2D eigenvalue weighted by molar-refractivity contribution is -0.917. The molecule has 2 amide bonds. The quantitative estimate of drug-likeness (QED) is 0.759. The lowest BCUT2D eigenvalue weighted by Gasteiger charge is -2.55. The summed E-state index contributed by atoms with van der Waals surface area (Å²) in [7, 11) is 0. The number of rotatable bonds is 5. The second kappa shape index (κ2) is 8.23. The molecule has 2 N–H and O–H groups in total. The van der Waals surface area contributed by atoms with Gasteiger partial charge in [0.1, 0.15) is 12.6 Å². The van der Waals surface area contributed by atoms with Crippen molar-refractivity contribution in [3.05, 3.63) is 35.4 Å². The maximum absolute atomic E-state index is 13.3. The lowest BCUT2D eigenvalue weighted by Crippen LogP contribution is -3.13. The minimum atomic E-state index is -0.418. The molecular weight excluding hydrogens is 386 g/mol. The van der Waals surface area contributed by atoms with Crippen molar-refractivity contribution in [1.82, 2.24) is 10.2 Å². The molecule has 1 saturated heterocycles. The molecule has 1 aromatic carbocycles. The van der Waals surface area contributed by atoms with Crippen LogP contribution < -0.4 is 10.2 Å². The summed E-state index contributed by atoms with van der Waals surface area (Å²) in [6, 6.07) is 8.16. The molecule has 4 aliphatic carbocycles. The molecule has 0 radical (unpaired) electrons. The topological polar surface area (TPSA) is 53.9 Å². The van der Waals surface area contributed by atoms with Gasteiger partial charge in [0.2, 0.25) is 11.8 Å². The molecule has 1 aromatic rings. The van der Waals surface area contributed by atoms with Crippen LogP contribution in [-0.2, 0) is 16.1 Å². The van der Waals surface area contributed by atoms with Gasteiger partial charge in [-0.15, -0.1) is 0 Å². The van der Waals surface area contributed by atoms with Gasteiger partial charge in [0.15, 0.2) is 0 Å². The van der Waals surface area contributed by atoms with Crippen molar-refractivity contribution in [2.75, 3.05) is 26.2 Å². The summed E-state index contributed by atoms with van der Waals surface area (Å²) in [5.41, 5.74) is 2.56. The summed E-state index contributed by atoms with van der Waals surface area (Å²) in [4.78, 5) is 29.9. The fraction of sp³-hybridized carbons (Fsp3) is 0.692. The molecule has 0 unspecified atom stereocenters. The number of nitrogens with one attached hydrogen (secondary N) is 2. The number of nitrogens with zero attached hydrogens (tertiary/aromatic N) is 1. The molecule has 1 aliphatic heterocycles. The number of quaternary nitrogens is 1. The van der Waals surface area contributed by atoms with E-state index in [9.17, 15) is 9.59 Å². The van der Waals surface area contributed by atoms with E-state index in [2.05, 4.69) is 36.5 Å². The first-order valence-corrected chi connectivity index (χ1v) is 12.4. The Morgan fingerprint density at radius 1 is 1.06 bits per heavy atom. The highest BCUT2D eigenvalue weighted by Crippen LogP contribution is 2.60. The van der Waals surface area contributed by atoms with Crippen molar-refractivity contribution in [3.63, 3.8) is 0 Å². The number of benzene rings is 1. The van der Waals surface area contributed by atoms with Crippen LogP contribution in [-0.4, -0.2) is 48.9 Å². The van der Waals surface area contributed by atoms with Crippen molar-refractivity contribution in [3.8, 4) is 0 Å². The summed E-state index contributed by atoms with van der Waals surface area (Å²) in [6.07, 6.45) is 7.13. The van der Waals surface area contributed by atoms with Crippen molar-refractivity contribution in [1.29, 1.82) is 0 Å². The third kappa shape index (κ3) is 4.13. The maximum atomic E-state index is 13.3. The van der Waals surface area contributed by atoms with Gasteiger partial charge in [0, 0.05) is 11.0 Å². The van der Waals surface area contributed by atoms with Crippen LogP contribution in [0.2, 0.25) is 0 Å². The maximum Gasteiger partial charge on any atom is 0.245 e. The Labute approximate surface area is 186 Å². The Balaban J connectivity index is 1.13. The molecular formula is C26H38N3O2+. The molecule has 1 heterocycles. The highest BCUT2D eigenvalue weighted by Gasteiger charge is 2.54. The van der Waals surface area contributed by atoms with E-state index >= 15 is 0 Å².